The number of benzene rings is 3. The van der Waals surface area contributed by atoms with Crippen molar-refractivity contribution in [2.45, 2.75) is 6.92 Å². The minimum atomic E-state index is -3.70. The van der Waals surface area contributed by atoms with E-state index >= 15 is 0 Å². The molecule has 0 aliphatic rings. The van der Waals surface area contributed by atoms with E-state index in [0.29, 0.717) is 40.0 Å². The maximum Gasteiger partial charge on any atom is 0.264 e. The summed E-state index contributed by atoms with van der Waals surface area (Å²) in [4.78, 5) is 12.4. The van der Waals surface area contributed by atoms with E-state index in [-0.39, 0.29) is 5.56 Å². The SMILES string of the molecule is CCOc1ccccc1-c1cc(C(=O)NS(C)(=O)=O)ccc1Oc1ccc(Cl)cc1. The van der Waals surface area contributed by atoms with Gasteiger partial charge in [-0.15, -0.1) is 0 Å². The molecule has 0 radical (unpaired) electrons. The van der Waals surface area contributed by atoms with Gasteiger partial charge >= 0.3 is 0 Å². The van der Waals surface area contributed by atoms with Gasteiger partial charge in [0, 0.05) is 21.7 Å². The van der Waals surface area contributed by atoms with Crippen molar-refractivity contribution in [1.29, 1.82) is 0 Å². The van der Waals surface area contributed by atoms with Gasteiger partial charge in [-0.1, -0.05) is 29.8 Å². The molecular weight excluding hydrogens is 426 g/mol. The second-order valence-electron chi connectivity index (χ2n) is 6.40. The van der Waals surface area contributed by atoms with Gasteiger partial charge in [0.25, 0.3) is 5.91 Å². The summed E-state index contributed by atoms with van der Waals surface area (Å²) in [7, 11) is -3.70. The third-order valence-electron chi connectivity index (χ3n) is 4.04. The van der Waals surface area contributed by atoms with E-state index in [1.54, 1.807) is 36.4 Å². The van der Waals surface area contributed by atoms with Gasteiger partial charge in [0.1, 0.15) is 17.2 Å². The topological polar surface area (TPSA) is 81.7 Å². The predicted molar refractivity (Wildman–Crippen MR) is 117 cm³/mol. The Labute approximate surface area is 180 Å². The predicted octanol–water partition coefficient (Wildman–Crippen LogP) is 4.89. The van der Waals surface area contributed by atoms with E-state index in [1.165, 1.54) is 6.07 Å². The summed E-state index contributed by atoms with van der Waals surface area (Å²) in [6.07, 6.45) is 0.925. The van der Waals surface area contributed by atoms with Gasteiger partial charge in [-0.2, -0.15) is 0 Å². The Morgan fingerprint density at radius 2 is 1.67 bits per heavy atom. The van der Waals surface area contributed by atoms with Gasteiger partial charge in [-0.3, -0.25) is 4.79 Å². The Balaban J connectivity index is 2.10. The highest BCUT2D eigenvalue weighted by molar-refractivity contribution is 7.89. The normalized spacial score (nSPS) is 11.0. The largest absolute Gasteiger partial charge is 0.493 e. The van der Waals surface area contributed by atoms with E-state index in [1.807, 2.05) is 35.9 Å². The molecular formula is C22H20ClNO5S. The number of ether oxygens (including phenoxy) is 2. The molecule has 0 heterocycles. The van der Waals surface area contributed by atoms with Crippen LogP contribution in [0.25, 0.3) is 11.1 Å². The molecule has 6 nitrogen and oxygen atoms in total. The van der Waals surface area contributed by atoms with E-state index in [9.17, 15) is 13.2 Å². The van der Waals surface area contributed by atoms with Crippen LogP contribution in [0.3, 0.4) is 0 Å². The van der Waals surface area contributed by atoms with Crippen LogP contribution in [0, 0.1) is 0 Å². The summed E-state index contributed by atoms with van der Waals surface area (Å²) in [6, 6.07) is 18.9. The zero-order chi connectivity index (χ0) is 21.7. The fourth-order valence-corrected chi connectivity index (χ4v) is 3.38. The fraction of sp³-hybridized carbons (Fsp3) is 0.136. The molecule has 0 aliphatic carbocycles. The van der Waals surface area contributed by atoms with Gasteiger partial charge < -0.3 is 9.47 Å². The lowest BCUT2D eigenvalue weighted by molar-refractivity contribution is 0.0981. The first-order chi connectivity index (χ1) is 14.3. The van der Waals surface area contributed by atoms with Crippen molar-refractivity contribution >= 4 is 27.5 Å². The number of rotatable bonds is 7. The molecule has 3 aromatic carbocycles. The van der Waals surface area contributed by atoms with Gasteiger partial charge in [0.15, 0.2) is 0 Å². The molecule has 0 aliphatic heterocycles. The molecule has 1 amide bonds. The van der Waals surface area contributed by atoms with Crippen LogP contribution < -0.4 is 14.2 Å². The maximum atomic E-state index is 12.4. The Kier molecular flexibility index (Phi) is 6.64. The number of carbonyl (C=O) groups is 1. The molecule has 1 N–H and O–H groups in total. The van der Waals surface area contributed by atoms with E-state index < -0.39 is 15.9 Å². The molecule has 8 heteroatoms. The minimum absolute atomic E-state index is 0.171. The highest BCUT2D eigenvalue weighted by Crippen LogP contribution is 2.39. The highest BCUT2D eigenvalue weighted by atomic mass is 35.5. The van der Waals surface area contributed by atoms with Crippen molar-refractivity contribution in [2.75, 3.05) is 12.9 Å². The quantitative estimate of drug-likeness (QED) is 0.560. The highest BCUT2D eigenvalue weighted by Gasteiger charge is 2.17. The van der Waals surface area contributed by atoms with Crippen LogP contribution in [-0.4, -0.2) is 27.2 Å². The first-order valence-corrected chi connectivity index (χ1v) is 11.4. The van der Waals surface area contributed by atoms with Gasteiger partial charge in [-0.05, 0) is 55.5 Å². The molecule has 0 saturated heterocycles. The van der Waals surface area contributed by atoms with Crippen LogP contribution in [0.1, 0.15) is 17.3 Å². The molecule has 30 heavy (non-hydrogen) atoms. The Morgan fingerprint density at radius 1 is 0.967 bits per heavy atom. The standard InChI is InChI=1S/C22H20ClNO5S/c1-3-28-20-7-5-4-6-18(20)19-14-15(22(25)24-30(2,26)27)8-13-21(19)29-17-11-9-16(23)10-12-17/h4-14H,3H2,1-2H3,(H,24,25). The molecule has 156 valence electrons. The van der Waals surface area contributed by atoms with Crippen molar-refractivity contribution in [3.8, 4) is 28.4 Å². The number of para-hydroxylation sites is 1. The summed E-state index contributed by atoms with van der Waals surface area (Å²) < 4.78 is 36.6. The lowest BCUT2D eigenvalue weighted by atomic mass is 10.0. The molecule has 3 rings (SSSR count). The first-order valence-electron chi connectivity index (χ1n) is 9.08. The number of sulfonamides is 1. The average molecular weight is 446 g/mol. The van der Waals surface area contributed by atoms with Crippen LogP contribution in [0.2, 0.25) is 5.02 Å². The van der Waals surface area contributed by atoms with Crippen LogP contribution >= 0.6 is 11.6 Å². The van der Waals surface area contributed by atoms with Crippen LogP contribution in [0.15, 0.2) is 66.7 Å². The van der Waals surface area contributed by atoms with Crippen LogP contribution in [-0.2, 0) is 10.0 Å². The molecule has 3 aromatic rings. The molecule has 0 atom stereocenters. The van der Waals surface area contributed by atoms with E-state index in [2.05, 4.69) is 0 Å². The number of carbonyl (C=O) groups excluding carboxylic acids is 1. The zero-order valence-corrected chi connectivity index (χ0v) is 18.0. The molecule has 0 saturated carbocycles. The maximum absolute atomic E-state index is 12.4. The number of hydrogen-bond donors (Lipinski definition) is 1. The van der Waals surface area contributed by atoms with Crippen molar-refractivity contribution < 1.29 is 22.7 Å². The number of halogens is 1. The van der Waals surface area contributed by atoms with Crippen LogP contribution in [0.4, 0.5) is 0 Å². The van der Waals surface area contributed by atoms with Crippen molar-refractivity contribution in [2.24, 2.45) is 0 Å². The molecule has 0 spiro atoms. The first kappa shape index (κ1) is 21.7. The summed E-state index contributed by atoms with van der Waals surface area (Å²) >= 11 is 5.94. The molecule has 0 aromatic heterocycles. The van der Waals surface area contributed by atoms with Crippen LogP contribution in [0.5, 0.6) is 17.2 Å². The summed E-state index contributed by atoms with van der Waals surface area (Å²) in [5, 5.41) is 0.581. The number of nitrogens with one attached hydrogen (secondary N) is 1. The third kappa shape index (κ3) is 5.52. The van der Waals surface area contributed by atoms with E-state index in [4.69, 9.17) is 21.1 Å². The molecule has 0 bridgehead atoms. The van der Waals surface area contributed by atoms with E-state index in [0.717, 1.165) is 6.26 Å². The smallest absolute Gasteiger partial charge is 0.264 e. The Hall–Kier alpha value is -3.03. The second kappa shape index (κ2) is 9.19. The number of hydrogen-bond acceptors (Lipinski definition) is 5. The van der Waals surface area contributed by atoms with Crippen molar-refractivity contribution in [3.05, 3.63) is 77.3 Å². The molecule has 0 unspecified atom stereocenters. The summed E-state index contributed by atoms with van der Waals surface area (Å²) in [5.74, 6) is 0.913. The third-order valence-corrected chi connectivity index (χ3v) is 4.85. The minimum Gasteiger partial charge on any atom is -0.493 e. The monoisotopic (exact) mass is 445 g/mol. The summed E-state index contributed by atoms with van der Waals surface area (Å²) in [6.45, 7) is 2.33. The lowest BCUT2D eigenvalue weighted by Crippen LogP contribution is -2.29. The zero-order valence-electron chi connectivity index (χ0n) is 16.4. The molecule has 0 fully saturated rings. The number of amides is 1. The van der Waals surface area contributed by atoms with Gasteiger partial charge in [0.05, 0.1) is 12.9 Å². The second-order valence-corrected chi connectivity index (χ2v) is 8.58. The van der Waals surface area contributed by atoms with Gasteiger partial charge in [0.2, 0.25) is 10.0 Å². The fourth-order valence-electron chi connectivity index (χ4n) is 2.80. The van der Waals surface area contributed by atoms with Gasteiger partial charge in [-0.25, -0.2) is 13.1 Å². The summed E-state index contributed by atoms with van der Waals surface area (Å²) in [5.41, 5.74) is 1.46. The lowest BCUT2D eigenvalue weighted by Gasteiger charge is -2.16. The Bertz CT molecular complexity index is 1160. The van der Waals surface area contributed by atoms with Crippen molar-refractivity contribution in [3.63, 3.8) is 0 Å². The Morgan fingerprint density at radius 3 is 2.33 bits per heavy atom. The average Bonchev–Trinajstić information content (AvgIpc) is 2.69. The van der Waals surface area contributed by atoms with Crippen molar-refractivity contribution in [1.82, 2.24) is 4.72 Å².